The monoisotopic (exact) mass is 450 g/mol. The van der Waals surface area contributed by atoms with Gasteiger partial charge in [0.05, 0.1) is 31.8 Å². The minimum absolute atomic E-state index is 0.406. The van der Waals surface area contributed by atoms with Gasteiger partial charge in [-0.25, -0.2) is 18.9 Å². The molecule has 0 aliphatic heterocycles. The Morgan fingerprint density at radius 3 is 0.759 bits per heavy atom. The summed E-state index contributed by atoms with van der Waals surface area (Å²) in [5.74, 6) is -2.94. The lowest BCUT2D eigenvalue weighted by Crippen LogP contribution is -2.37. The van der Waals surface area contributed by atoms with Crippen LogP contribution in [-0.4, -0.2) is 94.8 Å². The highest BCUT2D eigenvalue weighted by Gasteiger charge is 2.26. The molecule has 0 atom stereocenters. The quantitative estimate of drug-likeness (QED) is 0.145. The first-order chi connectivity index (χ1) is 13.1. The van der Waals surface area contributed by atoms with Gasteiger partial charge in [-0.1, -0.05) is 19.7 Å². The summed E-state index contributed by atoms with van der Waals surface area (Å²) >= 11 is 0. The van der Waals surface area contributed by atoms with Gasteiger partial charge >= 0.3 is 25.7 Å². The van der Waals surface area contributed by atoms with Crippen molar-refractivity contribution in [2.45, 2.75) is 0 Å². The van der Waals surface area contributed by atoms with Crippen LogP contribution in [0.5, 0.6) is 0 Å². The molecule has 0 aromatic carbocycles. The molecule has 15 heteroatoms. The van der Waals surface area contributed by atoms with Gasteiger partial charge in [0.1, 0.15) is 0 Å². The van der Waals surface area contributed by atoms with Crippen LogP contribution in [0.3, 0.4) is 0 Å². The van der Waals surface area contributed by atoms with Crippen LogP contribution in [0, 0.1) is 5.41 Å². The number of hydrogen-bond acceptors (Lipinski definition) is 8. The van der Waals surface area contributed by atoms with Crippen LogP contribution < -0.4 is 0 Å². The van der Waals surface area contributed by atoms with E-state index in [0.29, 0.717) is 0 Å². The molecule has 0 saturated carbocycles. The van der Waals surface area contributed by atoms with Gasteiger partial charge < -0.3 is 50.4 Å². The fourth-order valence-electron chi connectivity index (χ4n) is 0.300. The molecule has 172 valence electrons. The lowest BCUT2D eigenvalue weighted by atomic mass is 9.93. The third-order valence-electron chi connectivity index (χ3n) is 1.87. The van der Waals surface area contributed by atoms with E-state index < -0.39 is 57.6 Å². The number of aliphatic hydroxyl groups is 4. The number of rotatable bonds is 7. The maximum atomic E-state index is 9.25. The minimum Gasteiger partial charge on any atom is -0.478 e. The normalized spacial score (nSPS) is 9.07. The molecule has 0 amide bonds. The fraction of sp³-hybridized carbons (Fsp3) is 0.357. The summed E-state index contributed by atoms with van der Waals surface area (Å²) in [6, 6.07) is 0. The number of carboxylic acids is 3. The van der Waals surface area contributed by atoms with E-state index >= 15 is 0 Å². The van der Waals surface area contributed by atoms with Crippen molar-refractivity contribution in [2.24, 2.45) is 5.41 Å². The second-order valence-corrected chi connectivity index (χ2v) is 5.30. The average Bonchev–Trinajstić information content (AvgIpc) is 2.64. The molecule has 0 aromatic heterocycles. The van der Waals surface area contributed by atoms with E-state index in [2.05, 4.69) is 19.7 Å². The molecule has 10 N–H and O–H groups in total. The average molecular weight is 450 g/mol. The summed E-state index contributed by atoms with van der Waals surface area (Å²) in [5.41, 5.74) is -1.11. The summed E-state index contributed by atoms with van der Waals surface area (Å²) in [6.07, 6.45) is 2.50. The Hall–Kier alpha value is -2.42. The van der Waals surface area contributed by atoms with E-state index in [9.17, 15) is 14.4 Å². The predicted octanol–water partition coefficient (Wildman–Crippen LogP) is -2.22. The van der Waals surface area contributed by atoms with E-state index in [4.69, 9.17) is 55.0 Å². The SMILES string of the molecule is C=CC(=O)O.C=CC(=O)O.C=CC(=O)O.O=P(O)(O)O.OCC(CO)(CO)CO. The van der Waals surface area contributed by atoms with E-state index in [1.807, 2.05) is 0 Å². The van der Waals surface area contributed by atoms with Crippen LogP contribution in [0.15, 0.2) is 38.0 Å². The van der Waals surface area contributed by atoms with Crippen LogP contribution in [0.1, 0.15) is 0 Å². The lowest BCUT2D eigenvalue weighted by molar-refractivity contribution is -0.132. The van der Waals surface area contributed by atoms with Crippen LogP contribution >= 0.6 is 7.82 Å². The second kappa shape index (κ2) is 23.6. The fourth-order valence-corrected chi connectivity index (χ4v) is 0.300. The Morgan fingerprint density at radius 2 is 0.759 bits per heavy atom. The van der Waals surface area contributed by atoms with Crippen molar-refractivity contribution in [1.29, 1.82) is 0 Å². The number of carboxylic acid groups (broad SMARTS) is 3. The van der Waals surface area contributed by atoms with Crippen LogP contribution in [0.4, 0.5) is 0 Å². The molecule has 0 aromatic rings. The zero-order valence-corrected chi connectivity index (χ0v) is 16.1. The van der Waals surface area contributed by atoms with Gasteiger partial charge in [-0.15, -0.1) is 0 Å². The van der Waals surface area contributed by atoms with Gasteiger partial charge in [-0.05, 0) is 0 Å². The molecule has 14 nitrogen and oxygen atoms in total. The molecule has 0 heterocycles. The highest BCUT2D eigenvalue weighted by Crippen LogP contribution is 2.25. The molecular formula is C14H27O14P. The van der Waals surface area contributed by atoms with Crippen molar-refractivity contribution in [3.63, 3.8) is 0 Å². The highest BCUT2D eigenvalue weighted by molar-refractivity contribution is 7.45. The van der Waals surface area contributed by atoms with Gasteiger partial charge in [0.2, 0.25) is 0 Å². The van der Waals surface area contributed by atoms with Crippen molar-refractivity contribution in [2.75, 3.05) is 26.4 Å². The Kier molecular flexibility index (Phi) is 30.4. The van der Waals surface area contributed by atoms with E-state index in [-0.39, 0.29) is 0 Å². The van der Waals surface area contributed by atoms with Crippen molar-refractivity contribution in [1.82, 2.24) is 0 Å². The summed E-state index contributed by atoms with van der Waals surface area (Å²) < 4.78 is 8.88. The topological polar surface area (TPSA) is 271 Å². The molecule has 0 aliphatic rings. The number of carbonyl (C=O) groups is 3. The predicted molar refractivity (Wildman–Crippen MR) is 98.5 cm³/mol. The Labute approximate surface area is 165 Å². The summed E-state index contributed by atoms with van der Waals surface area (Å²) in [5, 5.41) is 56.8. The van der Waals surface area contributed by atoms with Crippen molar-refractivity contribution in [3.8, 4) is 0 Å². The second-order valence-electron chi connectivity index (χ2n) is 4.27. The summed E-state index contributed by atoms with van der Waals surface area (Å²) in [4.78, 5) is 49.3. The van der Waals surface area contributed by atoms with Gasteiger partial charge in [0.25, 0.3) is 0 Å². The van der Waals surface area contributed by atoms with Crippen LogP contribution in [0.2, 0.25) is 0 Å². The molecule has 0 aliphatic carbocycles. The van der Waals surface area contributed by atoms with Crippen LogP contribution in [0.25, 0.3) is 0 Å². The van der Waals surface area contributed by atoms with Gasteiger partial charge in [0.15, 0.2) is 0 Å². The van der Waals surface area contributed by atoms with Gasteiger partial charge in [0, 0.05) is 18.2 Å². The van der Waals surface area contributed by atoms with Crippen molar-refractivity contribution in [3.05, 3.63) is 38.0 Å². The molecule has 0 rings (SSSR count). The number of phosphoric acid groups is 1. The van der Waals surface area contributed by atoms with E-state index in [1.165, 1.54) is 0 Å². The molecule has 0 fully saturated rings. The maximum Gasteiger partial charge on any atom is 0.466 e. The largest absolute Gasteiger partial charge is 0.478 e. The molecule has 0 spiro atoms. The molecule has 0 unspecified atom stereocenters. The van der Waals surface area contributed by atoms with E-state index in [0.717, 1.165) is 18.2 Å². The molecule has 0 radical (unpaired) electrons. The molecular weight excluding hydrogens is 423 g/mol. The Balaban J connectivity index is -0.0000000853. The standard InChI is InChI=1S/C5H12O4.3C3H4O2.H3O4P/c6-1-5(2-7,3-8)4-9;3*1-2-3(4)5;1-5(2,3)4/h6-9H,1-4H2;3*2H,1H2,(H,4,5);(H3,1,2,3,4). The van der Waals surface area contributed by atoms with Gasteiger partial charge in [-0.2, -0.15) is 0 Å². The van der Waals surface area contributed by atoms with Crippen molar-refractivity contribution < 1.29 is 69.4 Å². The Bertz CT molecular complexity index is 452. The maximum absolute atomic E-state index is 9.25. The van der Waals surface area contributed by atoms with Crippen molar-refractivity contribution >= 4 is 25.7 Å². The molecule has 29 heavy (non-hydrogen) atoms. The smallest absolute Gasteiger partial charge is 0.466 e. The zero-order valence-electron chi connectivity index (χ0n) is 15.2. The summed E-state index contributed by atoms with van der Waals surface area (Å²) in [6.45, 7) is 7.26. The minimum atomic E-state index is -4.64. The lowest BCUT2D eigenvalue weighted by Gasteiger charge is -2.23. The number of aliphatic carboxylic acids is 3. The third-order valence-corrected chi connectivity index (χ3v) is 1.87. The number of aliphatic hydroxyl groups excluding tert-OH is 4. The number of hydrogen-bond donors (Lipinski definition) is 10. The first-order valence-electron chi connectivity index (χ1n) is 6.84. The molecule has 0 bridgehead atoms. The Morgan fingerprint density at radius 1 is 0.655 bits per heavy atom. The third kappa shape index (κ3) is 58.6. The van der Waals surface area contributed by atoms with Crippen LogP contribution in [-0.2, 0) is 18.9 Å². The summed E-state index contributed by atoms with van der Waals surface area (Å²) in [7, 11) is -4.64. The highest BCUT2D eigenvalue weighted by atomic mass is 31.2. The first kappa shape index (κ1) is 37.3. The van der Waals surface area contributed by atoms with Gasteiger partial charge in [-0.3, -0.25) is 0 Å². The zero-order chi connectivity index (χ0) is 24.7. The molecule has 0 saturated heterocycles. The first-order valence-corrected chi connectivity index (χ1v) is 8.40. The van der Waals surface area contributed by atoms with E-state index in [1.54, 1.807) is 0 Å².